The van der Waals surface area contributed by atoms with E-state index in [1.165, 1.54) is 12.5 Å². The van der Waals surface area contributed by atoms with Gasteiger partial charge in [-0.15, -0.1) is 0 Å². The fourth-order valence-electron chi connectivity index (χ4n) is 1.07. The molecule has 0 atom stereocenters. The average molecular weight is 238 g/mol. The largest absolute Gasteiger partial charge is 0.440 e. The molecule has 2 aromatic rings. The molecule has 16 heavy (non-hydrogen) atoms. The van der Waals surface area contributed by atoms with Crippen LogP contribution in [-0.2, 0) is 0 Å². The maximum absolute atomic E-state index is 13.4. The lowest BCUT2D eigenvalue weighted by Gasteiger charge is -2.01. The quantitative estimate of drug-likeness (QED) is 0.807. The Labute approximate surface area is 93.7 Å². The zero-order valence-corrected chi connectivity index (χ0v) is 8.59. The summed E-state index contributed by atoms with van der Waals surface area (Å²) in [5, 5.41) is 8.65. The van der Waals surface area contributed by atoms with Gasteiger partial charge in [0, 0.05) is 0 Å². The van der Waals surface area contributed by atoms with Crippen molar-refractivity contribution in [2.75, 3.05) is 0 Å². The minimum absolute atomic E-state index is 0.0632. The molecule has 0 unspecified atom stereocenters. The Morgan fingerprint density at radius 3 is 2.50 bits per heavy atom. The highest BCUT2D eigenvalue weighted by molar-refractivity contribution is 7.99. The number of hydrogen-bond acceptors (Lipinski definition) is 4. The van der Waals surface area contributed by atoms with Gasteiger partial charge in [0.2, 0.25) is 0 Å². The van der Waals surface area contributed by atoms with Gasteiger partial charge in [0.05, 0.1) is 22.7 Å². The fourth-order valence-corrected chi connectivity index (χ4v) is 1.77. The Balaban J connectivity index is 2.39. The topological polar surface area (TPSA) is 49.8 Å². The van der Waals surface area contributed by atoms with Crippen molar-refractivity contribution in [3.63, 3.8) is 0 Å². The van der Waals surface area contributed by atoms with Gasteiger partial charge < -0.3 is 4.42 Å². The van der Waals surface area contributed by atoms with Crippen molar-refractivity contribution in [3.8, 4) is 6.07 Å². The summed E-state index contributed by atoms with van der Waals surface area (Å²) in [5.74, 6) is -1.61. The Hall–Kier alpha value is -1.87. The van der Waals surface area contributed by atoms with Gasteiger partial charge in [0.25, 0.3) is 5.22 Å². The molecule has 0 aliphatic carbocycles. The zero-order chi connectivity index (χ0) is 11.5. The molecule has 0 fully saturated rings. The first-order valence-electron chi connectivity index (χ1n) is 4.17. The molecule has 1 heterocycles. The van der Waals surface area contributed by atoms with Gasteiger partial charge >= 0.3 is 0 Å². The fraction of sp³-hybridized carbons (Fsp3) is 0. The Kier molecular flexibility index (Phi) is 2.88. The Morgan fingerprint density at radius 1 is 1.31 bits per heavy atom. The molecule has 0 aliphatic rings. The molecule has 1 aromatic carbocycles. The first-order valence-corrected chi connectivity index (χ1v) is 4.99. The maximum atomic E-state index is 13.4. The predicted molar refractivity (Wildman–Crippen MR) is 51.7 cm³/mol. The molecule has 0 amide bonds. The van der Waals surface area contributed by atoms with Crippen LogP contribution >= 0.6 is 11.8 Å². The third kappa shape index (κ3) is 2.04. The first kappa shape index (κ1) is 10.6. The third-order valence-corrected chi connectivity index (χ3v) is 2.70. The molecule has 0 saturated heterocycles. The molecule has 0 radical (unpaired) electrons. The van der Waals surface area contributed by atoms with E-state index < -0.39 is 11.6 Å². The van der Waals surface area contributed by atoms with E-state index in [-0.39, 0.29) is 15.7 Å². The molecule has 2 rings (SSSR count). The molecule has 0 N–H and O–H groups in total. The standard InChI is InChI=1S/C10H4F2N2OS/c11-7-3-6(5-13)4-8(12)9(7)16-10-14-1-2-15-10/h1-4H. The lowest BCUT2D eigenvalue weighted by atomic mass is 10.2. The molecular weight excluding hydrogens is 234 g/mol. The minimum atomic E-state index is -0.806. The second-order valence-electron chi connectivity index (χ2n) is 2.78. The van der Waals surface area contributed by atoms with E-state index >= 15 is 0 Å². The number of hydrogen-bond donors (Lipinski definition) is 0. The lowest BCUT2D eigenvalue weighted by molar-refractivity contribution is 0.452. The molecule has 1 aromatic heterocycles. The van der Waals surface area contributed by atoms with Crippen LogP contribution in [0.4, 0.5) is 8.78 Å². The monoisotopic (exact) mass is 238 g/mol. The van der Waals surface area contributed by atoms with Crippen LogP contribution in [0.25, 0.3) is 0 Å². The van der Waals surface area contributed by atoms with Gasteiger partial charge in [-0.05, 0) is 23.9 Å². The van der Waals surface area contributed by atoms with Crippen LogP contribution in [0.15, 0.2) is 39.1 Å². The molecular formula is C10H4F2N2OS. The van der Waals surface area contributed by atoms with Crippen molar-refractivity contribution in [3.05, 3.63) is 41.8 Å². The number of nitrogens with zero attached hydrogens (tertiary/aromatic N) is 2. The van der Waals surface area contributed by atoms with Crippen molar-refractivity contribution in [1.29, 1.82) is 5.26 Å². The van der Waals surface area contributed by atoms with Crippen molar-refractivity contribution in [1.82, 2.24) is 4.98 Å². The molecule has 3 nitrogen and oxygen atoms in total. The highest BCUT2D eigenvalue weighted by Gasteiger charge is 2.14. The summed E-state index contributed by atoms with van der Waals surface area (Å²) in [6.45, 7) is 0. The number of nitriles is 1. The van der Waals surface area contributed by atoms with Crippen molar-refractivity contribution in [2.45, 2.75) is 10.1 Å². The van der Waals surface area contributed by atoms with Crippen LogP contribution in [0.3, 0.4) is 0 Å². The highest BCUT2D eigenvalue weighted by Crippen LogP contribution is 2.31. The normalized spacial score (nSPS) is 10.1. The Morgan fingerprint density at radius 2 is 2.00 bits per heavy atom. The molecule has 80 valence electrons. The smallest absolute Gasteiger partial charge is 0.260 e. The molecule has 6 heteroatoms. The number of halogens is 2. The van der Waals surface area contributed by atoms with Crippen LogP contribution in [0, 0.1) is 23.0 Å². The van der Waals surface area contributed by atoms with Gasteiger partial charge in [-0.25, -0.2) is 13.8 Å². The minimum Gasteiger partial charge on any atom is -0.440 e. The van der Waals surface area contributed by atoms with Gasteiger partial charge in [-0.1, -0.05) is 0 Å². The second-order valence-corrected chi connectivity index (χ2v) is 3.74. The van der Waals surface area contributed by atoms with Gasteiger partial charge in [-0.3, -0.25) is 0 Å². The van der Waals surface area contributed by atoms with Crippen molar-refractivity contribution >= 4 is 11.8 Å². The summed E-state index contributed by atoms with van der Waals surface area (Å²) < 4.78 is 31.7. The highest BCUT2D eigenvalue weighted by atomic mass is 32.2. The average Bonchev–Trinajstić information content (AvgIpc) is 2.75. The SMILES string of the molecule is N#Cc1cc(F)c(Sc2ncco2)c(F)c1. The maximum Gasteiger partial charge on any atom is 0.260 e. The van der Waals surface area contributed by atoms with Crippen LogP contribution < -0.4 is 0 Å². The summed E-state index contributed by atoms with van der Waals surface area (Å²) in [6.07, 6.45) is 2.68. The van der Waals surface area contributed by atoms with Crippen LogP contribution in [0.2, 0.25) is 0 Å². The van der Waals surface area contributed by atoms with E-state index in [0.29, 0.717) is 0 Å². The number of rotatable bonds is 2. The van der Waals surface area contributed by atoms with Gasteiger partial charge in [0.15, 0.2) is 0 Å². The Bertz CT molecular complexity index is 525. The summed E-state index contributed by atoms with van der Waals surface area (Å²) >= 11 is 0.730. The van der Waals surface area contributed by atoms with E-state index in [4.69, 9.17) is 9.68 Å². The van der Waals surface area contributed by atoms with E-state index in [1.54, 1.807) is 6.07 Å². The number of oxazole rings is 1. The summed E-state index contributed by atoms with van der Waals surface area (Å²) in [6, 6.07) is 3.60. The van der Waals surface area contributed by atoms with Gasteiger partial charge in [0.1, 0.15) is 17.9 Å². The second kappa shape index (κ2) is 4.33. The van der Waals surface area contributed by atoms with Crippen LogP contribution in [0.5, 0.6) is 0 Å². The van der Waals surface area contributed by atoms with E-state index in [9.17, 15) is 8.78 Å². The molecule has 0 spiro atoms. The van der Waals surface area contributed by atoms with E-state index in [0.717, 1.165) is 23.9 Å². The predicted octanol–water partition coefficient (Wildman–Crippen LogP) is 2.98. The molecule has 0 bridgehead atoms. The zero-order valence-electron chi connectivity index (χ0n) is 7.78. The van der Waals surface area contributed by atoms with Crippen LogP contribution in [0.1, 0.15) is 5.56 Å². The van der Waals surface area contributed by atoms with Crippen LogP contribution in [-0.4, -0.2) is 4.98 Å². The van der Waals surface area contributed by atoms with E-state index in [1.807, 2.05) is 0 Å². The third-order valence-electron chi connectivity index (χ3n) is 1.73. The number of benzene rings is 1. The molecule has 0 aliphatic heterocycles. The van der Waals surface area contributed by atoms with E-state index in [2.05, 4.69) is 4.98 Å². The summed E-state index contributed by atoms with van der Waals surface area (Å²) in [4.78, 5) is 3.50. The lowest BCUT2D eigenvalue weighted by Crippen LogP contribution is -1.90. The number of aromatic nitrogens is 1. The summed E-state index contributed by atoms with van der Waals surface area (Å²) in [5.41, 5.74) is -0.0632. The van der Waals surface area contributed by atoms with Gasteiger partial charge in [-0.2, -0.15) is 5.26 Å². The van der Waals surface area contributed by atoms with Crippen molar-refractivity contribution < 1.29 is 13.2 Å². The first-order chi connectivity index (χ1) is 7.70. The summed E-state index contributed by atoms with van der Waals surface area (Å²) in [7, 11) is 0. The van der Waals surface area contributed by atoms with Crippen molar-refractivity contribution in [2.24, 2.45) is 0 Å². The molecule has 0 saturated carbocycles.